The molecule has 2 heterocycles. The Labute approximate surface area is 126 Å². The highest BCUT2D eigenvalue weighted by molar-refractivity contribution is 7.15. The van der Waals surface area contributed by atoms with Crippen LogP contribution in [0, 0.1) is 0 Å². The Morgan fingerprint density at radius 1 is 1.37 bits per heavy atom. The zero-order valence-electron chi connectivity index (χ0n) is 10.2. The van der Waals surface area contributed by atoms with E-state index in [0.717, 1.165) is 42.3 Å². The Kier molecular flexibility index (Phi) is 3.67. The molecule has 0 amide bonds. The SMILES string of the molecule is Nc1nc2c(s1)CN(Cc1ccc(Cl)cc1Cl)CC2. The molecule has 19 heavy (non-hydrogen) atoms. The van der Waals surface area contributed by atoms with Gasteiger partial charge in [-0.1, -0.05) is 29.3 Å². The first-order valence-electron chi connectivity index (χ1n) is 6.02. The lowest BCUT2D eigenvalue weighted by Crippen LogP contribution is -2.29. The topological polar surface area (TPSA) is 42.1 Å². The lowest BCUT2D eigenvalue weighted by molar-refractivity contribution is 0.247. The largest absolute Gasteiger partial charge is 0.375 e. The van der Waals surface area contributed by atoms with Crippen molar-refractivity contribution in [1.29, 1.82) is 0 Å². The molecule has 2 aromatic rings. The molecule has 1 aromatic carbocycles. The van der Waals surface area contributed by atoms with E-state index in [1.165, 1.54) is 4.88 Å². The third-order valence-corrected chi connectivity index (χ3v) is 4.73. The molecule has 100 valence electrons. The van der Waals surface area contributed by atoms with Gasteiger partial charge >= 0.3 is 0 Å². The Morgan fingerprint density at radius 2 is 2.21 bits per heavy atom. The number of thiazole rings is 1. The monoisotopic (exact) mass is 313 g/mol. The predicted octanol–water partition coefficient (Wildman–Crippen LogP) is 3.59. The number of halogens is 2. The van der Waals surface area contributed by atoms with Crippen LogP contribution in [0.4, 0.5) is 5.13 Å². The van der Waals surface area contributed by atoms with Gasteiger partial charge in [0, 0.05) is 41.0 Å². The summed E-state index contributed by atoms with van der Waals surface area (Å²) in [5.41, 5.74) is 8.01. The predicted molar refractivity (Wildman–Crippen MR) is 80.8 cm³/mol. The van der Waals surface area contributed by atoms with Crippen molar-refractivity contribution in [1.82, 2.24) is 9.88 Å². The van der Waals surface area contributed by atoms with Crippen LogP contribution in [-0.2, 0) is 19.5 Å². The molecule has 0 atom stereocenters. The van der Waals surface area contributed by atoms with Crippen molar-refractivity contribution in [2.24, 2.45) is 0 Å². The van der Waals surface area contributed by atoms with Gasteiger partial charge in [0.15, 0.2) is 5.13 Å². The summed E-state index contributed by atoms with van der Waals surface area (Å²) in [4.78, 5) is 7.98. The number of nitrogens with zero attached hydrogens (tertiary/aromatic N) is 2. The highest BCUT2D eigenvalue weighted by atomic mass is 35.5. The number of rotatable bonds is 2. The minimum Gasteiger partial charge on any atom is -0.375 e. The summed E-state index contributed by atoms with van der Waals surface area (Å²) in [6.07, 6.45) is 0.953. The first-order chi connectivity index (χ1) is 9.11. The van der Waals surface area contributed by atoms with Crippen LogP contribution in [0.15, 0.2) is 18.2 Å². The third-order valence-electron chi connectivity index (χ3n) is 3.24. The summed E-state index contributed by atoms with van der Waals surface area (Å²) in [5.74, 6) is 0. The average molecular weight is 314 g/mol. The van der Waals surface area contributed by atoms with Gasteiger partial charge in [0.05, 0.1) is 5.69 Å². The summed E-state index contributed by atoms with van der Waals surface area (Å²) in [6.45, 7) is 2.70. The first kappa shape index (κ1) is 13.2. The van der Waals surface area contributed by atoms with E-state index in [9.17, 15) is 0 Å². The van der Waals surface area contributed by atoms with E-state index in [1.807, 2.05) is 12.1 Å². The molecule has 1 aliphatic heterocycles. The van der Waals surface area contributed by atoms with Crippen LogP contribution in [-0.4, -0.2) is 16.4 Å². The van der Waals surface area contributed by atoms with Gasteiger partial charge < -0.3 is 5.73 Å². The Hall–Kier alpha value is -0.810. The third kappa shape index (κ3) is 2.87. The van der Waals surface area contributed by atoms with E-state index in [1.54, 1.807) is 17.4 Å². The normalized spacial score (nSPS) is 15.5. The Balaban J connectivity index is 1.75. The first-order valence-corrected chi connectivity index (χ1v) is 7.59. The molecular formula is C13H13Cl2N3S. The van der Waals surface area contributed by atoms with Crippen LogP contribution in [0.3, 0.4) is 0 Å². The summed E-state index contributed by atoms with van der Waals surface area (Å²) in [7, 11) is 0. The van der Waals surface area contributed by atoms with Gasteiger partial charge in [0.25, 0.3) is 0 Å². The smallest absolute Gasteiger partial charge is 0.180 e. The van der Waals surface area contributed by atoms with Crippen LogP contribution in [0.2, 0.25) is 10.0 Å². The Bertz CT molecular complexity index is 612. The maximum absolute atomic E-state index is 6.21. The number of hydrogen-bond acceptors (Lipinski definition) is 4. The lowest BCUT2D eigenvalue weighted by atomic mass is 10.1. The zero-order valence-corrected chi connectivity index (χ0v) is 12.5. The molecule has 3 nitrogen and oxygen atoms in total. The van der Waals surface area contributed by atoms with Crippen molar-refractivity contribution in [2.45, 2.75) is 19.5 Å². The fourth-order valence-corrected chi connectivity index (χ4v) is 3.68. The van der Waals surface area contributed by atoms with E-state index in [4.69, 9.17) is 28.9 Å². The molecular weight excluding hydrogens is 301 g/mol. The number of anilines is 1. The minimum absolute atomic E-state index is 0.663. The van der Waals surface area contributed by atoms with E-state index in [-0.39, 0.29) is 0 Å². The molecule has 0 spiro atoms. The molecule has 1 aromatic heterocycles. The second kappa shape index (κ2) is 5.29. The highest BCUT2D eigenvalue weighted by Gasteiger charge is 2.20. The van der Waals surface area contributed by atoms with Gasteiger partial charge in [-0.3, -0.25) is 4.90 Å². The van der Waals surface area contributed by atoms with Gasteiger partial charge in [-0.05, 0) is 17.7 Å². The molecule has 0 radical (unpaired) electrons. The van der Waals surface area contributed by atoms with Crippen molar-refractivity contribution < 1.29 is 0 Å². The van der Waals surface area contributed by atoms with Crippen molar-refractivity contribution >= 4 is 39.7 Å². The van der Waals surface area contributed by atoms with Gasteiger partial charge in [-0.2, -0.15) is 0 Å². The van der Waals surface area contributed by atoms with E-state index in [2.05, 4.69) is 9.88 Å². The van der Waals surface area contributed by atoms with Crippen LogP contribution >= 0.6 is 34.5 Å². The fraction of sp³-hybridized carbons (Fsp3) is 0.308. The molecule has 0 saturated carbocycles. The zero-order chi connectivity index (χ0) is 13.4. The molecule has 3 rings (SSSR count). The standard InChI is InChI=1S/C13H13Cl2N3S/c14-9-2-1-8(10(15)5-9)6-18-4-3-11-12(7-18)19-13(16)17-11/h1-2,5H,3-4,6-7H2,(H2,16,17). The molecule has 1 aliphatic rings. The van der Waals surface area contributed by atoms with E-state index >= 15 is 0 Å². The quantitative estimate of drug-likeness (QED) is 0.921. The van der Waals surface area contributed by atoms with E-state index < -0.39 is 0 Å². The van der Waals surface area contributed by atoms with Gasteiger partial charge in [-0.15, -0.1) is 11.3 Å². The number of nitrogen functional groups attached to an aromatic ring is 1. The molecule has 0 bridgehead atoms. The second-order valence-corrected chi connectivity index (χ2v) is 6.58. The summed E-state index contributed by atoms with van der Waals surface area (Å²) in [6, 6.07) is 5.66. The maximum atomic E-state index is 6.21. The average Bonchev–Trinajstić information content (AvgIpc) is 2.72. The Morgan fingerprint density at radius 3 is 3.00 bits per heavy atom. The van der Waals surface area contributed by atoms with Gasteiger partial charge in [0.2, 0.25) is 0 Å². The minimum atomic E-state index is 0.663. The maximum Gasteiger partial charge on any atom is 0.180 e. The van der Waals surface area contributed by atoms with Crippen LogP contribution in [0.1, 0.15) is 16.1 Å². The van der Waals surface area contributed by atoms with Crippen molar-refractivity contribution in [3.05, 3.63) is 44.4 Å². The van der Waals surface area contributed by atoms with Crippen LogP contribution < -0.4 is 5.73 Å². The van der Waals surface area contributed by atoms with Gasteiger partial charge in [-0.25, -0.2) is 4.98 Å². The fourth-order valence-electron chi connectivity index (χ4n) is 2.29. The van der Waals surface area contributed by atoms with Crippen molar-refractivity contribution in [3.63, 3.8) is 0 Å². The molecule has 0 saturated heterocycles. The molecule has 0 unspecified atom stereocenters. The summed E-state index contributed by atoms with van der Waals surface area (Å²) in [5, 5.41) is 2.06. The molecule has 6 heteroatoms. The van der Waals surface area contributed by atoms with Crippen LogP contribution in [0.25, 0.3) is 0 Å². The van der Waals surface area contributed by atoms with Crippen molar-refractivity contribution in [3.8, 4) is 0 Å². The molecule has 2 N–H and O–H groups in total. The number of aromatic nitrogens is 1. The number of benzene rings is 1. The summed E-state index contributed by atoms with van der Waals surface area (Å²) >= 11 is 13.7. The molecule has 0 fully saturated rings. The number of fused-ring (bicyclic) bond motifs is 1. The van der Waals surface area contributed by atoms with E-state index in [0.29, 0.717) is 10.2 Å². The number of nitrogens with two attached hydrogens (primary N) is 1. The van der Waals surface area contributed by atoms with Crippen molar-refractivity contribution in [2.75, 3.05) is 12.3 Å². The summed E-state index contributed by atoms with van der Waals surface area (Å²) < 4.78 is 0. The van der Waals surface area contributed by atoms with Crippen LogP contribution in [0.5, 0.6) is 0 Å². The second-order valence-electron chi connectivity index (χ2n) is 4.62. The van der Waals surface area contributed by atoms with Gasteiger partial charge in [0.1, 0.15) is 0 Å². The highest BCUT2D eigenvalue weighted by Crippen LogP contribution is 2.28. The number of hydrogen-bond donors (Lipinski definition) is 1. The molecule has 0 aliphatic carbocycles. The lowest BCUT2D eigenvalue weighted by Gasteiger charge is -2.26.